The number of carbonyl (C=O) groups is 1. The largest absolute Gasteiger partial charge is 0.349 e. The van der Waals surface area contributed by atoms with Gasteiger partial charge in [-0.15, -0.1) is 10.2 Å². The molecule has 122 valence electrons. The van der Waals surface area contributed by atoms with E-state index in [-0.39, 0.29) is 5.91 Å². The van der Waals surface area contributed by atoms with E-state index in [0.717, 1.165) is 22.3 Å². The van der Waals surface area contributed by atoms with E-state index in [1.54, 1.807) is 12.1 Å². The molecule has 2 rings (SSSR count). The normalized spacial score (nSPS) is 10.7. The van der Waals surface area contributed by atoms with E-state index < -0.39 is 0 Å². The second-order valence-electron chi connectivity index (χ2n) is 5.45. The van der Waals surface area contributed by atoms with Gasteiger partial charge in [-0.25, -0.2) is 0 Å². The Bertz CT molecular complexity index is 673. The number of anilines is 2. The van der Waals surface area contributed by atoms with Gasteiger partial charge in [-0.2, -0.15) is 0 Å². The SMILES string of the molecule is Cc1ccc(Nc2ccc(C(=O)NCCN(C)C)nn2)cc1Br. The van der Waals surface area contributed by atoms with Crippen molar-refractivity contribution in [1.82, 2.24) is 20.4 Å². The Morgan fingerprint density at radius 2 is 2.00 bits per heavy atom. The first-order chi connectivity index (χ1) is 11.0. The first-order valence-corrected chi connectivity index (χ1v) is 8.05. The quantitative estimate of drug-likeness (QED) is 0.809. The molecule has 0 saturated heterocycles. The summed E-state index contributed by atoms with van der Waals surface area (Å²) in [6.07, 6.45) is 0. The number of amides is 1. The first-order valence-electron chi connectivity index (χ1n) is 7.25. The maximum atomic E-state index is 11.9. The zero-order valence-corrected chi connectivity index (χ0v) is 15.0. The number of aromatic nitrogens is 2. The third-order valence-corrected chi connectivity index (χ3v) is 4.04. The molecule has 0 aliphatic heterocycles. The number of hydrogen-bond donors (Lipinski definition) is 2. The molecule has 0 aliphatic rings. The molecule has 0 saturated carbocycles. The fourth-order valence-electron chi connectivity index (χ4n) is 1.82. The third-order valence-electron chi connectivity index (χ3n) is 3.19. The predicted octanol–water partition coefficient (Wildman–Crippen LogP) is 2.58. The topological polar surface area (TPSA) is 70.2 Å². The van der Waals surface area contributed by atoms with Gasteiger partial charge in [-0.1, -0.05) is 22.0 Å². The van der Waals surface area contributed by atoms with Crippen molar-refractivity contribution in [1.29, 1.82) is 0 Å². The second kappa shape index (κ2) is 8.03. The van der Waals surface area contributed by atoms with Crippen LogP contribution in [0.25, 0.3) is 0 Å². The molecule has 2 N–H and O–H groups in total. The minimum atomic E-state index is -0.219. The van der Waals surface area contributed by atoms with Gasteiger partial charge >= 0.3 is 0 Å². The summed E-state index contributed by atoms with van der Waals surface area (Å²) in [4.78, 5) is 13.9. The van der Waals surface area contributed by atoms with Crippen LogP contribution in [0.2, 0.25) is 0 Å². The highest BCUT2D eigenvalue weighted by Gasteiger charge is 2.08. The Labute approximate surface area is 144 Å². The van der Waals surface area contributed by atoms with Gasteiger partial charge in [-0.05, 0) is 50.8 Å². The molecular formula is C16H20BrN5O. The summed E-state index contributed by atoms with van der Waals surface area (Å²) in [6.45, 7) is 3.38. The fourth-order valence-corrected chi connectivity index (χ4v) is 2.20. The van der Waals surface area contributed by atoms with Crippen LogP contribution in [-0.2, 0) is 0 Å². The first kappa shape index (κ1) is 17.4. The minimum absolute atomic E-state index is 0.219. The summed E-state index contributed by atoms with van der Waals surface area (Å²) in [5.41, 5.74) is 2.37. The van der Waals surface area contributed by atoms with E-state index in [2.05, 4.69) is 36.8 Å². The van der Waals surface area contributed by atoms with E-state index in [4.69, 9.17) is 0 Å². The zero-order valence-electron chi connectivity index (χ0n) is 13.4. The van der Waals surface area contributed by atoms with Crippen molar-refractivity contribution >= 4 is 33.3 Å². The molecule has 0 aliphatic carbocycles. The highest BCUT2D eigenvalue weighted by atomic mass is 79.9. The van der Waals surface area contributed by atoms with Crippen LogP contribution in [0.1, 0.15) is 16.1 Å². The van der Waals surface area contributed by atoms with Crippen molar-refractivity contribution in [2.24, 2.45) is 0 Å². The number of rotatable bonds is 6. The van der Waals surface area contributed by atoms with Crippen LogP contribution in [0, 0.1) is 6.92 Å². The number of likely N-dealkylation sites (N-methyl/N-ethyl adjacent to an activating group) is 1. The lowest BCUT2D eigenvalue weighted by Gasteiger charge is -2.10. The number of carbonyl (C=O) groups excluding carboxylic acids is 1. The van der Waals surface area contributed by atoms with Gasteiger partial charge in [0, 0.05) is 23.2 Å². The van der Waals surface area contributed by atoms with Crippen LogP contribution in [0.5, 0.6) is 0 Å². The lowest BCUT2D eigenvalue weighted by Crippen LogP contribution is -2.31. The van der Waals surface area contributed by atoms with Crippen LogP contribution in [0.4, 0.5) is 11.5 Å². The van der Waals surface area contributed by atoms with E-state index >= 15 is 0 Å². The summed E-state index contributed by atoms with van der Waals surface area (Å²) in [5, 5.41) is 14.0. The summed E-state index contributed by atoms with van der Waals surface area (Å²) >= 11 is 3.49. The van der Waals surface area contributed by atoms with E-state index in [1.165, 1.54) is 0 Å². The van der Waals surface area contributed by atoms with Crippen molar-refractivity contribution in [2.75, 3.05) is 32.5 Å². The molecule has 1 aromatic heterocycles. The number of hydrogen-bond acceptors (Lipinski definition) is 5. The maximum Gasteiger partial charge on any atom is 0.271 e. The second-order valence-corrected chi connectivity index (χ2v) is 6.31. The van der Waals surface area contributed by atoms with Crippen molar-refractivity contribution < 1.29 is 4.79 Å². The Morgan fingerprint density at radius 3 is 2.61 bits per heavy atom. The van der Waals surface area contributed by atoms with Crippen LogP contribution in [0.3, 0.4) is 0 Å². The zero-order chi connectivity index (χ0) is 16.8. The molecule has 23 heavy (non-hydrogen) atoms. The number of halogens is 1. The van der Waals surface area contributed by atoms with Crippen molar-refractivity contribution in [3.8, 4) is 0 Å². The van der Waals surface area contributed by atoms with E-state index in [1.807, 2.05) is 44.1 Å². The predicted molar refractivity (Wildman–Crippen MR) is 95.1 cm³/mol. The average molecular weight is 378 g/mol. The molecule has 0 unspecified atom stereocenters. The average Bonchev–Trinajstić information content (AvgIpc) is 2.51. The smallest absolute Gasteiger partial charge is 0.271 e. The Hall–Kier alpha value is -1.99. The van der Waals surface area contributed by atoms with Crippen molar-refractivity contribution in [3.05, 3.63) is 46.1 Å². The lowest BCUT2D eigenvalue weighted by molar-refractivity contribution is 0.0945. The Balaban J connectivity index is 1.96. The van der Waals surface area contributed by atoms with Gasteiger partial charge in [-0.3, -0.25) is 4.79 Å². The molecule has 2 aromatic rings. The monoisotopic (exact) mass is 377 g/mol. The molecule has 1 aromatic carbocycles. The number of aryl methyl sites for hydroxylation is 1. The molecule has 7 heteroatoms. The number of nitrogens with zero attached hydrogens (tertiary/aromatic N) is 3. The molecule has 0 bridgehead atoms. The van der Waals surface area contributed by atoms with E-state index in [0.29, 0.717) is 18.1 Å². The molecule has 0 atom stereocenters. The van der Waals surface area contributed by atoms with Gasteiger partial charge in [0.05, 0.1) is 0 Å². The highest BCUT2D eigenvalue weighted by molar-refractivity contribution is 9.10. The van der Waals surface area contributed by atoms with Gasteiger partial charge in [0.2, 0.25) is 0 Å². The van der Waals surface area contributed by atoms with Crippen LogP contribution < -0.4 is 10.6 Å². The van der Waals surface area contributed by atoms with Crippen molar-refractivity contribution in [3.63, 3.8) is 0 Å². The molecule has 1 heterocycles. The van der Waals surface area contributed by atoms with Gasteiger partial charge in [0.15, 0.2) is 11.5 Å². The highest BCUT2D eigenvalue weighted by Crippen LogP contribution is 2.22. The van der Waals surface area contributed by atoms with E-state index in [9.17, 15) is 4.79 Å². The molecule has 1 amide bonds. The summed E-state index contributed by atoms with van der Waals surface area (Å²) in [7, 11) is 3.91. The molecule has 0 radical (unpaired) electrons. The van der Waals surface area contributed by atoms with Gasteiger partial charge in [0.25, 0.3) is 5.91 Å². The molecule has 6 nitrogen and oxygen atoms in total. The third kappa shape index (κ3) is 5.30. The molecule has 0 spiro atoms. The minimum Gasteiger partial charge on any atom is -0.349 e. The van der Waals surface area contributed by atoms with Crippen LogP contribution in [0.15, 0.2) is 34.8 Å². The van der Waals surface area contributed by atoms with Crippen LogP contribution in [-0.4, -0.2) is 48.2 Å². The van der Waals surface area contributed by atoms with Crippen LogP contribution >= 0.6 is 15.9 Å². The maximum absolute atomic E-state index is 11.9. The summed E-state index contributed by atoms with van der Waals surface area (Å²) < 4.78 is 1.02. The molecule has 0 fully saturated rings. The summed E-state index contributed by atoms with van der Waals surface area (Å²) in [5.74, 6) is 0.370. The number of benzene rings is 1. The Morgan fingerprint density at radius 1 is 1.22 bits per heavy atom. The molecular weight excluding hydrogens is 358 g/mol. The lowest BCUT2D eigenvalue weighted by atomic mass is 10.2. The standard InChI is InChI=1S/C16H20BrN5O/c1-11-4-5-12(10-13(11)17)19-15-7-6-14(20-21-15)16(23)18-8-9-22(2)3/h4-7,10H,8-9H2,1-3H3,(H,18,23)(H,19,21). The number of nitrogens with one attached hydrogen (secondary N) is 2. The summed E-state index contributed by atoms with van der Waals surface area (Å²) in [6, 6.07) is 9.33. The fraction of sp³-hybridized carbons (Fsp3) is 0.312. The van der Waals surface area contributed by atoms with Gasteiger partial charge in [0.1, 0.15) is 0 Å². The van der Waals surface area contributed by atoms with Gasteiger partial charge < -0.3 is 15.5 Å². The Kier molecular flexibility index (Phi) is 6.06. The van der Waals surface area contributed by atoms with Crippen molar-refractivity contribution in [2.45, 2.75) is 6.92 Å².